The third kappa shape index (κ3) is 2.53. The largest absolute Gasteiger partial charge is 0.313 e. The fourth-order valence-corrected chi connectivity index (χ4v) is 1.93. The van der Waals surface area contributed by atoms with Crippen LogP contribution in [0.5, 0.6) is 0 Å². The summed E-state index contributed by atoms with van der Waals surface area (Å²) in [6.07, 6.45) is 2.67. The van der Waals surface area contributed by atoms with Crippen LogP contribution >= 0.6 is 0 Å². The molecule has 1 heterocycles. The van der Waals surface area contributed by atoms with Crippen molar-refractivity contribution < 1.29 is 9.31 Å². The van der Waals surface area contributed by atoms with E-state index in [2.05, 4.69) is 45.4 Å². The zero-order valence-corrected chi connectivity index (χ0v) is 9.45. The van der Waals surface area contributed by atoms with Crippen LogP contribution in [0, 0.1) is 11.8 Å². The Balaban J connectivity index is 2.65. The number of hydrogen-bond donors (Lipinski definition) is 0. The first-order chi connectivity index (χ1) is 6.02. The van der Waals surface area contributed by atoms with Crippen LogP contribution in [0.15, 0.2) is 0 Å². The van der Waals surface area contributed by atoms with Gasteiger partial charge in [-0.1, -0.05) is 27.7 Å². The lowest BCUT2D eigenvalue weighted by Gasteiger charge is -2.13. The third-order valence-electron chi connectivity index (χ3n) is 2.56. The highest BCUT2D eigenvalue weighted by Crippen LogP contribution is 2.19. The second-order valence-corrected chi connectivity index (χ2v) is 4.65. The van der Waals surface area contributed by atoms with Gasteiger partial charge < -0.3 is 4.74 Å². The molecule has 0 saturated carbocycles. The van der Waals surface area contributed by atoms with Crippen molar-refractivity contribution in [3.63, 3.8) is 0 Å². The van der Waals surface area contributed by atoms with Gasteiger partial charge in [0.25, 0.3) is 0 Å². The van der Waals surface area contributed by atoms with Gasteiger partial charge in [-0.2, -0.15) is 0 Å². The van der Waals surface area contributed by atoms with E-state index in [1.807, 2.05) is 0 Å². The zero-order chi connectivity index (χ0) is 10.0. The molecule has 0 aliphatic carbocycles. The molecule has 2 atom stereocenters. The summed E-state index contributed by atoms with van der Waals surface area (Å²) >= 11 is 0. The molecule has 0 bridgehead atoms. The van der Waals surface area contributed by atoms with Crippen LogP contribution in [0.1, 0.15) is 34.6 Å². The van der Waals surface area contributed by atoms with Gasteiger partial charge in [0.15, 0.2) is 6.04 Å². The topological polar surface area (TPSA) is 12.2 Å². The lowest BCUT2D eigenvalue weighted by Crippen LogP contribution is -2.30. The second kappa shape index (κ2) is 4.23. The van der Waals surface area contributed by atoms with Crippen LogP contribution < -0.4 is 0 Å². The molecule has 0 spiro atoms. The monoisotopic (exact) mass is 184 g/mol. The van der Waals surface area contributed by atoms with Gasteiger partial charge in [-0.15, -0.1) is 0 Å². The maximum Gasteiger partial charge on any atom is 0.247 e. The van der Waals surface area contributed by atoms with Gasteiger partial charge in [-0.25, -0.2) is 4.58 Å². The minimum absolute atomic E-state index is 0.398. The Labute approximate surface area is 81.6 Å². The molecule has 0 aromatic carbocycles. The van der Waals surface area contributed by atoms with Gasteiger partial charge in [0.1, 0.15) is 12.3 Å². The van der Waals surface area contributed by atoms with Crippen LogP contribution in [-0.2, 0) is 4.74 Å². The Morgan fingerprint density at radius 1 is 1.31 bits per heavy atom. The Morgan fingerprint density at radius 3 is 2.31 bits per heavy atom. The Morgan fingerprint density at radius 2 is 1.92 bits per heavy atom. The van der Waals surface area contributed by atoms with E-state index in [-0.39, 0.29) is 0 Å². The van der Waals surface area contributed by atoms with Crippen molar-refractivity contribution >= 4 is 6.21 Å². The SMILES string of the molecule is CC(C)/C=[N+]1/CO[C@H](C(C)C)C1C. The molecule has 13 heavy (non-hydrogen) atoms. The summed E-state index contributed by atoms with van der Waals surface area (Å²) in [6, 6.07) is 0.530. The average Bonchev–Trinajstić information content (AvgIpc) is 2.32. The lowest BCUT2D eigenvalue weighted by atomic mass is 10.0. The summed E-state index contributed by atoms with van der Waals surface area (Å²) in [6.45, 7) is 11.9. The fourth-order valence-electron chi connectivity index (χ4n) is 1.93. The van der Waals surface area contributed by atoms with E-state index < -0.39 is 0 Å². The number of nitrogens with zero attached hydrogens (tertiary/aromatic N) is 1. The van der Waals surface area contributed by atoms with Crippen molar-refractivity contribution in [2.75, 3.05) is 6.73 Å². The van der Waals surface area contributed by atoms with Crippen molar-refractivity contribution in [1.82, 2.24) is 0 Å². The highest BCUT2D eigenvalue weighted by atomic mass is 16.5. The molecule has 1 aliphatic heterocycles. The van der Waals surface area contributed by atoms with Gasteiger partial charge in [-0.05, 0) is 5.92 Å². The number of hydrogen-bond acceptors (Lipinski definition) is 1. The van der Waals surface area contributed by atoms with Crippen LogP contribution in [0.4, 0.5) is 0 Å². The maximum atomic E-state index is 5.73. The summed E-state index contributed by atoms with van der Waals surface area (Å²) in [5, 5.41) is 0. The van der Waals surface area contributed by atoms with Crippen molar-refractivity contribution in [1.29, 1.82) is 0 Å². The Kier molecular flexibility index (Phi) is 3.48. The predicted molar refractivity (Wildman–Crippen MR) is 55.2 cm³/mol. The van der Waals surface area contributed by atoms with Gasteiger partial charge >= 0.3 is 0 Å². The summed E-state index contributed by atoms with van der Waals surface area (Å²) in [5.74, 6) is 1.22. The summed E-state index contributed by atoms with van der Waals surface area (Å²) in [7, 11) is 0. The summed E-state index contributed by atoms with van der Waals surface area (Å²) in [4.78, 5) is 0. The normalized spacial score (nSPS) is 32.4. The van der Waals surface area contributed by atoms with Gasteiger partial charge in [-0.3, -0.25) is 0 Å². The molecule has 1 saturated heterocycles. The van der Waals surface area contributed by atoms with E-state index in [0.29, 0.717) is 24.0 Å². The molecule has 0 N–H and O–H groups in total. The van der Waals surface area contributed by atoms with Crippen molar-refractivity contribution in [2.45, 2.75) is 46.8 Å². The molecule has 0 aromatic rings. The van der Waals surface area contributed by atoms with E-state index >= 15 is 0 Å². The van der Waals surface area contributed by atoms with Crippen molar-refractivity contribution in [2.24, 2.45) is 11.8 Å². The van der Waals surface area contributed by atoms with Crippen LogP contribution in [-0.4, -0.2) is 29.7 Å². The molecule has 2 nitrogen and oxygen atoms in total. The number of ether oxygens (including phenoxy) is 1. The predicted octanol–water partition coefficient (Wildman–Crippen LogP) is 2.13. The Hall–Kier alpha value is -0.370. The van der Waals surface area contributed by atoms with Crippen LogP contribution in [0.2, 0.25) is 0 Å². The molecule has 0 aromatic heterocycles. The van der Waals surface area contributed by atoms with E-state index in [4.69, 9.17) is 4.74 Å². The molecular weight excluding hydrogens is 162 g/mol. The maximum absolute atomic E-state index is 5.73. The second-order valence-electron chi connectivity index (χ2n) is 4.65. The molecule has 76 valence electrons. The smallest absolute Gasteiger partial charge is 0.247 e. The lowest BCUT2D eigenvalue weighted by molar-refractivity contribution is -0.553. The Bertz CT molecular complexity index is 196. The van der Waals surface area contributed by atoms with E-state index in [9.17, 15) is 0 Å². The highest BCUT2D eigenvalue weighted by molar-refractivity contribution is 5.53. The van der Waals surface area contributed by atoms with Crippen molar-refractivity contribution in [3.8, 4) is 0 Å². The minimum atomic E-state index is 0.398. The summed E-state index contributed by atoms with van der Waals surface area (Å²) in [5.41, 5.74) is 0. The van der Waals surface area contributed by atoms with Crippen LogP contribution in [0.25, 0.3) is 0 Å². The highest BCUT2D eigenvalue weighted by Gasteiger charge is 2.36. The molecule has 1 unspecified atom stereocenters. The minimum Gasteiger partial charge on any atom is -0.313 e. The molecule has 1 fully saturated rings. The van der Waals surface area contributed by atoms with Gasteiger partial charge in [0.2, 0.25) is 6.73 Å². The third-order valence-corrected chi connectivity index (χ3v) is 2.56. The van der Waals surface area contributed by atoms with E-state index in [1.54, 1.807) is 0 Å². The standard InChI is InChI=1S/C11H22NO/c1-8(2)6-12-7-13-11(9(3)4)10(12)5/h6,8-11H,7H2,1-5H3/q+1/b12-6-/t10?,11-/m1/s1. The fraction of sp³-hybridized carbons (Fsp3) is 0.909. The first-order valence-corrected chi connectivity index (χ1v) is 5.24. The molecular formula is C11H22NO+. The quantitative estimate of drug-likeness (QED) is 0.599. The first-order valence-electron chi connectivity index (χ1n) is 5.24. The van der Waals surface area contributed by atoms with E-state index in [1.165, 1.54) is 0 Å². The molecule has 2 heteroatoms. The zero-order valence-electron chi connectivity index (χ0n) is 9.45. The molecule has 0 amide bonds. The van der Waals surface area contributed by atoms with Gasteiger partial charge in [0, 0.05) is 12.8 Å². The van der Waals surface area contributed by atoms with Crippen LogP contribution in [0.3, 0.4) is 0 Å². The first kappa shape index (κ1) is 10.7. The van der Waals surface area contributed by atoms with E-state index in [0.717, 1.165) is 6.73 Å². The number of rotatable bonds is 2. The molecule has 0 radical (unpaired) electrons. The molecule has 1 aliphatic rings. The molecule has 1 rings (SSSR count). The van der Waals surface area contributed by atoms with Crippen molar-refractivity contribution in [3.05, 3.63) is 0 Å². The summed E-state index contributed by atoms with van der Waals surface area (Å²) < 4.78 is 8.05. The van der Waals surface area contributed by atoms with Gasteiger partial charge in [0.05, 0.1) is 0 Å². The average molecular weight is 184 g/mol.